The molecule has 1 aliphatic rings. The Bertz CT molecular complexity index is 1150. The SMILES string of the molecule is Cn1c(=O)n(-c2nnc(N)s2)c2cc(S(=O)(=O)NC3(C)CC3)ccc21. The van der Waals surface area contributed by atoms with Crippen molar-refractivity contribution in [1.29, 1.82) is 0 Å². The molecule has 0 bridgehead atoms. The number of anilines is 1. The first-order valence-corrected chi connectivity index (χ1v) is 9.85. The normalized spacial score (nSPS) is 16.4. The van der Waals surface area contributed by atoms with Crippen molar-refractivity contribution in [2.45, 2.75) is 30.2 Å². The van der Waals surface area contributed by atoms with Gasteiger partial charge in [-0.25, -0.2) is 22.5 Å². The number of hydrogen-bond acceptors (Lipinski definition) is 7. The van der Waals surface area contributed by atoms with Crippen molar-refractivity contribution < 1.29 is 8.42 Å². The molecule has 0 saturated heterocycles. The minimum absolute atomic E-state index is 0.102. The summed E-state index contributed by atoms with van der Waals surface area (Å²) >= 11 is 1.06. The Balaban J connectivity index is 1.92. The molecule has 11 heteroatoms. The molecule has 2 heterocycles. The number of sulfonamides is 1. The molecule has 0 radical (unpaired) electrons. The molecule has 2 aromatic heterocycles. The van der Waals surface area contributed by atoms with E-state index in [-0.39, 0.29) is 21.3 Å². The second-order valence-electron chi connectivity index (χ2n) is 6.42. The lowest BCUT2D eigenvalue weighted by Gasteiger charge is -2.12. The molecule has 1 saturated carbocycles. The van der Waals surface area contributed by atoms with Crippen LogP contribution in [0.1, 0.15) is 19.8 Å². The highest BCUT2D eigenvalue weighted by atomic mass is 32.2. The summed E-state index contributed by atoms with van der Waals surface area (Å²) < 4.78 is 30.7. The van der Waals surface area contributed by atoms with E-state index in [2.05, 4.69) is 14.9 Å². The largest absolute Gasteiger partial charge is 0.374 e. The molecule has 9 nitrogen and oxygen atoms in total. The first-order chi connectivity index (χ1) is 11.7. The van der Waals surface area contributed by atoms with Crippen LogP contribution in [-0.2, 0) is 17.1 Å². The third-order valence-electron chi connectivity index (χ3n) is 4.34. The van der Waals surface area contributed by atoms with Crippen LogP contribution in [0, 0.1) is 0 Å². The van der Waals surface area contributed by atoms with Crippen LogP contribution in [0.25, 0.3) is 16.2 Å². The molecular formula is C14H16N6O3S2. The molecule has 0 spiro atoms. The molecule has 25 heavy (non-hydrogen) atoms. The lowest BCUT2D eigenvalue weighted by atomic mass is 10.3. The van der Waals surface area contributed by atoms with Crippen molar-refractivity contribution in [2.24, 2.45) is 7.05 Å². The van der Waals surface area contributed by atoms with Crippen LogP contribution in [0.4, 0.5) is 5.13 Å². The fourth-order valence-electron chi connectivity index (χ4n) is 2.66. The van der Waals surface area contributed by atoms with E-state index in [9.17, 15) is 13.2 Å². The second kappa shape index (κ2) is 5.13. The third-order valence-corrected chi connectivity index (χ3v) is 6.71. The van der Waals surface area contributed by atoms with Gasteiger partial charge in [-0.2, -0.15) is 0 Å². The molecule has 0 amide bonds. The van der Waals surface area contributed by atoms with Crippen LogP contribution in [0.15, 0.2) is 27.9 Å². The van der Waals surface area contributed by atoms with Gasteiger partial charge in [0.25, 0.3) is 0 Å². The average molecular weight is 380 g/mol. The van der Waals surface area contributed by atoms with Gasteiger partial charge in [0.15, 0.2) is 0 Å². The lowest BCUT2D eigenvalue weighted by molar-refractivity contribution is 0.558. The highest BCUT2D eigenvalue weighted by molar-refractivity contribution is 7.89. The van der Waals surface area contributed by atoms with Crippen LogP contribution < -0.4 is 16.1 Å². The maximum absolute atomic E-state index is 12.6. The number of hydrogen-bond donors (Lipinski definition) is 2. The number of imidazole rings is 1. The minimum atomic E-state index is -3.68. The highest BCUT2D eigenvalue weighted by Crippen LogP contribution is 2.36. The van der Waals surface area contributed by atoms with E-state index < -0.39 is 10.0 Å². The molecule has 132 valence electrons. The number of nitrogens with one attached hydrogen (secondary N) is 1. The Morgan fingerprint density at radius 2 is 2.00 bits per heavy atom. The zero-order chi connectivity index (χ0) is 18.0. The van der Waals surface area contributed by atoms with E-state index in [1.54, 1.807) is 13.1 Å². The molecule has 4 rings (SSSR count). The summed E-state index contributed by atoms with van der Waals surface area (Å²) in [5.74, 6) is 0. The number of rotatable bonds is 4. The molecule has 0 aliphatic heterocycles. The van der Waals surface area contributed by atoms with Gasteiger partial charge < -0.3 is 5.73 Å². The minimum Gasteiger partial charge on any atom is -0.374 e. The topological polar surface area (TPSA) is 125 Å². The molecule has 1 aromatic carbocycles. The van der Waals surface area contributed by atoms with Crippen molar-refractivity contribution in [3.8, 4) is 5.13 Å². The van der Waals surface area contributed by atoms with Crippen LogP contribution in [0.5, 0.6) is 0 Å². The Morgan fingerprint density at radius 1 is 1.28 bits per heavy atom. The van der Waals surface area contributed by atoms with Crippen molar-refractivity contribution in [1.82, 2.24) is 24.1 Å². The first-order valence-electron chi connectivity index (χ1n) is 7.55. The second-order valence-corrected chi connectivity index (χ2v) is 9.09. The van der Waals surface area contributed by atoms with E-state index >= 15 is 0 Å². The van der Waals surface area contributed by atoms with Gasteiger partial charge in [0.05, 0.1) is 15.9 Å². The van der Waals surface area contributed by atoms with Gasteiger partial charge in [-0.05, 0) is 38.0 Å². The Kier molecular flexibility index (Phi) is 3.33. The van der Waals surface area contributed by atoms with Gasteiger partial charge in [-0.15, -0.1) is 10.2 Å². The summed E-state index contributed by atoms with van der Waals surface area (Å²) in [6, 6.07) is 4.58. The van der Waals surface area contributed by atoms with Gasteiger partial charge in [0.1, 0.15) is 0 Å². The van der Waals surface area contributed by atoms with Crippen molar-refractivity contribution in [3.05, 3.63) is 28.7 Å². The quantitative estimate of drug-likeness (QED) is 0.683. The summed E-state index contributed by atoms with van der Waals surface area (Å²) in [6.07, 6.45) is 1.63. The van der Waals surface area contributed by atoms with Crippen molar-refractivity contribution in [2.75, 3.05) is 5.73 Å². The predicted octanol–water partition coefficient (Wildman–Crippen LogP) is 0.594. The van der Waals surface area contributed by atoms with E-state index in [0.717, 1.165) is 24.2 Å². The van der Waals surface area contributed by atoms with E-state index in [1.807, 2.05) is 6.92 Å². The monoisotopic (exact) mass is 380 g/mol. The number of nitrogen functional groups attached to an aromatic ring is 1. The number of aryl methyl sites for hydroxylation is 1. The predicted molar refractivity (Wildman–Crippen MR) is 94.4 cm³/mol. The van der Waals surface area contributed by atoms with Crippen molar-refractivity contribution >= 4 is 37.5 Å². The van der Waals surface area contributed by atoms with E-state index in [0.29, 0.717) is 16.2 Å². The zero-order valence-electron chi connectivity index (χ0n) is 13.6. The molecule has 0 atom stereocenters. The smallest absolute Gasteiger partial charge is 0.335 e. The molecule has 1 fully saturated rings. The lowest BCUT2D eigenvalue weighted by Crippen LogP contribution is -2.34. The molecular weight excluding hydrogens is 364 g/mol. The average Bonchev–Trinajstić information content (AvgIpc) is 3.00. The maximum Gasteiger partial charge on any atom is 0.335 e. The zero-order valence-corrected chi connectivity index (χ0v) is 15.2. The van der Waals surface area contributed by atoms with Crippen LogP contribution in [0.3, 0.4) is 0 Å². The Hall–Kier alpha value is -2.24. The van der Waals surface area contributed by atoms with Gasteiger partial charge in [-0.1, -0.05) is 11.3 Å². The Labute approximate surface area is 147 Å². The maximum atomic E-state index is 12.6. The standard InChI is InChI=1S/C14H16N6O3S2/c1-14(5-6-14)18-25(22,23)8-3-4-9-10(7-8)20(13(21)19(9)2)12-17-16-11(15)24-12/h3-4,7,18H,5-6H2,1-2H3,(H2,15,16). The van der Waals surface area contributed by atoms with Crippen molar-refractivity contribution in [3.63, 3.8) is 0 Å². The fourth-order valence-corrected chi connectivity index (χ4v) is 4.77. The van der Waals surface area contributed by atoms with E-state index in [4.69, 9.17) is 5.73 Å². The molecule has 0 unspecified atom stereocenters. The number of nitrogens with two attached hydrogens (primary N) is 1. The van der Waals surface area contributed by atoms with E-state index in [1.165, 1.54) is 21.3 Å². The van der Waals surface area contributed by atoms with Gasteiger partial charge in [0.2, 0.25) is 20.3 Å². The third kappa shape index (κ3) is 2.64. The van der Waals surface area contributed by atoms with Crippen LogP contribution in [0.2, 0.25) is 0 Å². The summed E-state index contributed by atoms with van der Waals surface area (Å²) in [5, 5.41) is 8.15. The fraction of sp³-hybridized carbons (Fsp3) is 0.357. The van der Waals surface area contributed by atoms with Gasteiger partial charge in [-0.3, -0.25) is 4.57 Å². The molecule has 3 aromatic rings. The van der Waals surface area contributed by atoms with Crippen LogP contribution in [-0.4, -0.2) is 33.3 Å². The van der Waals surface area contributed by atoms with Gasteiger partial charge in [0, 0.05) is 12.6 Å². The number of nitrogens with zero attached hydrogens (tertiary/aromatic N) is 4. The van der Waals surface area contributed by atoms with Gasteiger partial charge >= 0.3 is 5.69 Å². The summed E-state index contributed by atoms with van der Waals surface area (Å²) in [7, 11) is -2.06. The number of fused-ring (bicyclic) bond motifs is 1. The highest BCUT2D eigenvalue weighted by Gasteiger charge is 2.41. The molecule has 3 N–H and O–H groups in total. The summed E-state index contributed by atoms with van der Waals surface area (Å²) in [4.78, 5) is 12.7. The number of aromatic nitrogens is 4. The molecule has 1 aliphatic carbocycles. The summed E-state index contributed by atoms with van der Waals surface area (Å²) in [5.41, 5.74) is 5.92. The first kappa shape index (κ1) is 16.2. The Morgan fingerprint density at radius 3 is 2.60 bits per heavy atom. The summed E-state index contributed by atoms with van der Waals surface area (Å²) in [6.45, 7) is 1.87. The number of benzene rings is 1. The van der Waals surface area contributed by atoms with Crippen LogP contribution >= 0.6 is 11.3 Å².